The van der Waals surface area contributed by atoms with Gasteiger partial charge >= 0.3 is 6.03 Å². The van der Waals surface area contributed by atoms with Gasteiger partial charge in [0.25, 0.3) is 0 Å². The number of anilines is 2. The summed E-state index contributed by atoms with van der Waals surface area (Å²) in [6.45, 7) is 0.421. The van der Waals surface area contributed by atoms with Crippen molar-refractivity contribution in [3.63, 3.8) is 0 Å². The van der Waals surface area contributed by atoms with Crippen molar-refractivity contribution < 1.29 is 9.59 Å². The minimum absolute atomic E-state index is 0.0268. The van der Waals surface area contributed by atoms with Gasteiger partial charge in [-0.2, -0.15) is 0 Å². The number of hydrogen-bond donors (Lipinski definition) is 3. The molecule has 0 bridgehead atoms. The van der Waals surface area contributed by atoms with Gasteiger partial charge in [-0.1, -0.05) is 23.7 Å². The fraction of sp³-hybridized carbons (Fsp3) is 0.176. The summed E-state index contributed by atoms with van der Waals surface area (Å²) in [6, 6.07) is 12.5. The Balaban J connectivity index is 1.57. The highest BCUT2D eigenvalue weighted by atomic mass is 35.5. The van der Waals surface area contributed by atoms with Gasteiger partial charge in [-0.3, -0.25) is 4.79 Å². The van der Waals surface area contributed by atoms with E-state index in [-0.39, 0.29) is 11.9 Å². The van der Waals surface area contributed by atoms with Crippen LogP contribution in [0.5, 0.6) is 0 Å². The van der Waals surface area contributed by atoms with Crippen molar-refractivity contribution >= 4 is 34.9 Å². The molecule has 1 aliphatic heterocycles. The molecule has 0 fully saturated rings. The molecule has 0 aliphatic carbocycles. The van der Waals surface area contributed by atoms with Crippen LogP contribution in [0.15, 0.2) is 42.5 Å². The summed E-state index contributed by atoms with van der Waals surface area (Å²) in [5.41, 5.74) is 3.51. The van der Waals surface area contributed by atoms with Crippen LogP contribution in [0.2, 0.25) is 5.02 Å². The Morgan fingerprint density at radius 2 is 1.91 bits per heavy atom. The van der Waals surface area contributed by atoms with Crippen molar-refractivity contribution in [3.05, 3.63) is 58.6 Å². The van der Waals surface area contributed by atoms with E-state index in [1.807, 2.05) is 18.2 Å². The molecule has 3 rings (SSSR count). The molecule has 0 radical (unpaired) electrons. The van der Waals surface area contributed by atoms with Crippen LogP contribution >= 0.6 is 11.6 Å². The molecule has 0 spiro atoms. The van der Waals surface area contributed by atoms with Gasteiger partial charge < -0.3 is 16.0 Å². The number of carbonyl (C=O) groups is 2. The number of hydrogen-bond acceptors (Lipinski definition) is 2. The Kier molecular flexibility index (Phi) is 4.48. The lowest BCUT2D eigenvalue weighted by Gasteiger charge is -2.17. The molecule has 0 saturated heterocycles. The fourth-order valence-electron chi connectivity index (χ4n) is 2.42. The minimum atomic E-state index is -0.278. The monoisotopic (exact) mass is 329 g/mol. The molecule has 23 heavy (non-hydrogen) atoms. The van der Waals surface area contributed by atoms with Gasteiger partial charge in [-0.15, -0.1) is 0 Å². The lowest BCUT2D eigenvalue weighted by molar-refractivity contribution is -0.116. The van der Waals surface area contributed by atoms with E-state index in [0.29, 0.717) is 30.1 Å². The second-order valence-electron chi connectivity index (χ2n) is 5.35. The second-order valence-corrected chi connectivity index (χ2v) is 5.79. The highest BCUT2D eigenvalue weighted by Crippen LogP contribution is 2.25. The Morgan fingerprint density at radius 1 is 1.13 bits per heavy atom. The number of nitrogens with one attached hydrogen (secondary N) is 3. The highest BCUT2D eigenvalue weighted by Gasteiger charge is 2.15. The normalized spacial score (nSPS) is 13.0. The van der Waals surface area contributed by atoms with E-state index < -0.39 is 0 Å². The fourth-order valence-corrected chi connectivity index (χ4v) is 2.55. The molecule has 2 aromatic rings. The molecule has 118 valence electrons. The summed E-state index contributed by atoms with van der Waals surface area (Å²) in [5.74, 6) is 0.0268. The Morgan fingerprint density at radius 3 is 2.70 bits per heavy atom. The third kappa shape index (κ3) is 4.02. The van der Waals surface area contributed by atoms with Gasteiger partial charge in [0.15, 0.2) is 0 Å². The second kappa shape index (κ2) is 6.71. The minimum Gasteiger partial charge on any atom is -0.334 e. The predicted octanol–water partition coefficient (Wildman–Crippen LogP) is 3.55. The number of carbonyl (C=O) groups excluding carboxylic acids is 2. The molecule has 0 unspecified atom stereocenters. The molecule has 3 amide bonds. The number of amides is 3. The predicted molar refractivity (Wildman–Crippen MR) is 90.7 cm³/mol. The maximum Gasteiger partial charge on any atom is 0.319 e. The average Bonchev–Trinajstić information content (AvgIpc) is 2.54. The smallest absolute Gasteiger partial charge is 0.319 e. The van der Waals surface area contributed by atoms with E-state index in [9.17, 15) is 9.59 Å². The molecule has 0 aromatic heterocycles. The van der Waals surface area contributed by atoms with Crippen LogP contribution < -0.4 is 16.0 Å². The standard InChI is InChI=1S/C17H16ClN3O2/c18-13-4-1-11(2-5-13)10-19-17(23)20-14-6-7-15-12(9-14)3-8-16(22)21-15/h1-2,4-7,9H,3,8,10H2,(H,21,22)(H2,19,20,23). The van der Waals surface area contributed by atoms with Crippen LogP contribution in [-0.2, 0) is 17.8 Å². The summed E-state index contributed by atoms with van der Waals surface area (Å²) >= 11 is 5.82. The topological polar surface area (TPSA) is 70.2 Å². The molecule has 5 nitrogen and oxygen atoms in total. The molecule has 1 heterocycles. The maximum atomic E-state index is 12.0. The van der Waals surface area contributed by atoms with Gasteiger partial charge in [0.2, 0.25) is 5.91 Å². The first-order valence-electron chi connectivity index (χ1n) is 7.32. The van der Waals surface area contributed by atoms with Gasteiger partial charge in [0, 0.05) is 29.4 Å². The zero-order valence-corrected chi connectivity index (χ0v) is 13.1. The van der Waals surface area contributed by atoms with E-state index in [4.69, 9.17) is 11.6 Å². The summed E-state index contributed by atoms with van der Waals surface area (Å²) in [5, 5.41) is 9.07. The van der Waals surface area contributed by atoms with E-state index in [0.717, 1.165) is 16.8 Å². The molecule has 6 heteroatoms. The van der Waals surface area contributed by atoms with Gasteiger partial charge in [0.1, 0.15) is 0 Å². The van der Waals surface area contributed by atoms with Crippen molar-refractivity contribution in [2.45, 2.75) is 19.4 Å². The van der Waals surface area contributed by atoms with Crippen LogP contribution in [0.1, 0.15) is 17.5 Å². The Labute approximate surface area is 139 Å². The zero-order chi connectivity index (χ0) is 16.2. The number of fused-ring (bicyclic) bond motifs is 1. The Hall–Kier alpha value is -2.53. The van der Waals surface area contributed by atoms with Gasteiger partial charge in [-0.05, 0) is 47.9 Å². The van der Waals surface area contributed by atoms with Crippen LogP contribution in [-0.4, -0.2) is 11.9 Å². The summed E-state index contributed by atoms with van der Waals surface area (Å²) in [7, 11) is 0. The maximum absolute atomic E-state index is 12.0. The summed E-state index contributed by atoms with van der Waals surface area (Å²) in [4.78, 5) is 23.3. The molecule has 1 aliphatic rings. The number of benzene rings is 2. The molecular weight excluding hydrogens is 314 g/mol. The van der Waals surface area contributed by atoms with E-state index in [1.54, 1.807) is 24.3 Å². The molecule has 2 aromatic carbocycles. The molecule has 0 atom stereocenters. The lowest BCUT2D eigenvalue weighted by Crippen LogP contribution is -2.28. The number of halogens is 1. The third-order valence-corrected chi connectivity index (χ3v) is 3.88. The van der Waals surface area contributed by atoms with Crippen LogP contribution in [0.25, 0.3) is 0 Å². The first-order chi connectivity index (χ1) is 11.1. The van der Waals surface area contributed by atoms with Crippen molar-refractivity contribution in [3.8, 4) is 0 Å². The zero-order valence-electron chi connectivity index (χ0n) is 12.4. The van der Waals surface area contributed by atoms with E-state index in [1.165, 1.54) is 0 Å². The van der Waals surface area contributed by atoms with Crippen molar-refractivity contribution in [2.75, 3.05) is 10.6 Å². The average molecular weight is 330 g/mol. The van der Waals surface area contributed by atoms with Crippen molar-refractivity contribution in [2.24, 2.45) is 0 Å². The number of aryl methyl sites for hydroxylation is 1. The van der Waals surface area contributed by atoms with E-state index >= 15 is 0 Å². The van der Waals surface area contributed by atoms with Crippen LogP contribution in [0.3, 0.4) is 0 Å². The quantitative estimate of drug-likeness (QED) is 0.806. The molecule has 3 N–H and O–H groups in total. The number of urea groups is 1. The third-order valence-electron chi connectivity index (χ3n) is 3.62. The molecular formula is C17H16ClN3O2. The van der Waals surface area contributed by atoms with E-state index in [2.05, 4.69) is 16.0 Å². The molecule has 0 saturated carbocycles. The van der Waals surface area contributed by atoms with Gasteiger partial charge in [-0.25, -0.2) is 4.79 Å². The van der Waals surface area contributed by atoms with Gasteiger partial charge in [0.05, 0.1) is 0 Å². The SMILES string of the molecule is O=C1CCc2cc(NC(=O)NCc3ccc(Cl)cc3)ccc2N1. The van der Waals surface area contributed by atoms with Crippen molar-refractivity contribution in [1.29, 1.82) is 0 Å². The highest BCUT2D eigenvalue weighted by molar-refractivity contribution is 6.30. The summed E-state index contributed by atoms with van der Waals surface area (Å²) < 4.78 is 0. The largest absolute Gasteiger partial charge is 0.334 e. The van der Waals surface area contributed by atoms with Crippen LogP contribution in [0, 0.1) is 0 Å². The first kappa shape index (κ1) is 15.4. The van der Waals surface area contributed by atoms with Crippen LogP contribution in [0.4, 0.5) is 16.2 Å². The number of rotatable bonds is 3. The Bertz CT molecular complexity index is 744. The summed E-state index contributed by atoms with van der Waals surface area (Å²) in [6.07, 6.45) is 1.16. The lowest BCUT2D eigenvalue weighted by atomic mass is 10.0. The first-order valence-corrected chi connectivity index (χ1v) is 7.70. The van der Waals surface area contributed by atoms with Crippen molar-refractivity contribution in [1.82, 2.24) is 5.32 Å².